The van der Waals surface area contributed by atoms with E-state index in [9.17, 15) is 14.7 Å². The molecule has 6 nitrogen and oxygen atoms in total. The van der Waals surface area contributed by atoms with Crippen LogP contribution in [0.1, 0.15) is 32.4 Å². The number of alkyl carbamates (subject to hydrolysis) is 1. The van der Waals surface area contributed by atoms with E-state index in [0.717, 1.165) is 5.69 Å². The Morgan fingerprint density at radius 1 is 1.30 bits per heavy atom. The lowest BCUT2D eigenvalue weighted by molar-refractivity contribution is -0.139. The molecule has 0 aromatic heterocycles. The second-order valence-electron chi connectivity index (χ2n) is 5.29. The van der Waals surface area contributed by atoms with Gasteiger partial charge in [0.2, 0.25) is 0 Å². The third kappa shape index (κ3) is 4.79. The van der Waals surface area contributed by atoms with Gasteiger partial charge in [-0.25, -0.2) is 9.59 Å². The zero-order valence-electron chi connectivity index (χ0n) is 12.1. The van der Waals surface area contributed by atoms with Gasteiger partial charge in [0.25, 0.3) is 0 Å². The molecule has 0 bridgehead atoms. The highest BCUT2D eigenvalue weighted by Gasteiger charge is 2.25. The number of amides is 1. The lowest BCUT2D eigenvalue weighted by Crippen LogP contribution is -2.38. The minimum Gasteiger partial charge on any atom is -0.479 e. The van der Waals surface area contributed by atoms with Crippen LogP contribution in [0.15, 0.2) is 24.3 Å². The van der Waals surface area contributed by atoms with E-state index in [4.69, 9.17) is 4.74 Å². The van der Waals surface area contributed by atoms with Crippen LogP contribution in [-0.4, -0.2) is 29.8 Å². The number of rotatable bonds is 4. The topological polar surface area (TPSA) is 87.7 Å². The normalized spacial score (nSPS) is 12.4. The summed E-state index contributed by atoms with van der Waals surface area (Å²) in [7, 11) is 1.73. The van der Waals surface area contributed by atoms with Crippen LogP contribution in [0.3, 0.4) is 0 Å². The third-order valence-electron chi connectivity index (χ3n) is 2.42. The van der Waals surface area contributed by atoms with Gasteiger partial charge in [-0.3, -0.25) is 0 Å². The second-order valence-corrected chi connectivity index (χ2v) is 5.29. The number of carboxylic acids is 1. The maximum atomic E-state index is 11.7. The lowest BCUT2D eigenvalue weighted by atomic mass is 10.1. The van der Waals surface area contributed by atoms with Gasteiger partial charge < -0.3 is 20.5 Å². The zero-order valence-corrected chi connectivity index (χ0v) is 12.1. The van der Waals surface area contributed by atoms with E-state index in [-0.39, 0.29) is 0 Å². The molecular weight excluding hydrogens is 260 g/mol. The van der Waals surface area contributed by atoms with E-state index < -0.39 is 23.7 Å². The predicted octanol–water partition coefficient (Wildman–Crippen LogP) is 2.38. The smallest absolute Gasteiger partial charge is 0.408 e. The first-order chi connectivity index (χ1) is 9.23. The number of carboxylic acid groups (broad SMARTS) is 1. The van der Waals surface area contributed by atoms with Gasteiger partial charge in [0.15, 0.2) is 6.04 Å². The Bertz CT molecular complexity index is 494. The third-order valence-corrected chi connectivity index (χ3v) is 2.42. The predicted molar refractivity (Wildman–Crippen MR) is 75.7 cm³/mol. The Labute approximate surface area is 118 Å². The van der Waals surface area contributed by atoms with E-state index in [0.29, 0.717) is 5.56 Å². The molecule has 0 heterocycles. The van der Waals surface area contributed by atoms with E-state index in [1.807, 2.05) is 0 Å². The van der Waals surface area contributed by atoms with Crippen molar-refractivity contribution in [2.75, 3.05) is 12.4 Å². The molecule has 0 aliphatic heterocycles. The van der Waals surface area contributed by atoms with Crippen LogP contribution in [-0.2, 0) is 9.53 Å². The Kier molecular flexibility index (Phi) is 4.96. The molecule has 0 aliphatic rings. The highest BCUT2D eigenvalue weighted by atomic mass is 16.6. The van der Waals surface area contributed by atoms with Crippen molar-refractivity contribution in [2.45, 2.75) is 32.4 Å². The summed E-state index contributed by atoms with van der Waals surface area (Å²) >= 11 is 0. The maximum absolute atomic E-state index is 11.7. The van der Waals surface area contributed by atoms with Crippen molar-refractivity contribution >= 4 is 17.7 Å². The van der Waals surface area contributed by atoms with Crippen LogP contribution in [0.5, 0.6) is 0 Å². The van der Waals surface area contributed by atoms with Gasteiger partial charge in [0, 0.05) is 12.7 Å². The number of ether oxygens (including phenoxy) is 1. The molecule has 0 radical (unpaired) electrons. The molecule has 1 aromatic rings. The average Bonchev–Trinajstić information content (AvgIpc) is 2.33. The van der Waals surface area contributed by atoms with Gasteiger partial charge in [-0.05, 0) is 38.5 Å². The summed E-state index contributed by atoms with van der Waals surface area (Å²) in [4.78, 5) is 23.0. The largest absolute Gasteiger partial charge is 0.479 e. The van der Waals surface area contributed by atoms with E-state index in [2.05, 4.69) is 10.6 Å². The number of nitrogens with one attached hydrogen (secondary N) is 2. The lowest BCUT2D eigenvalue weighted by Gasteiger charge is -2.22. The van der Waals surface area contributed by atoms with Crippen molar-refractivity contribution in [1.82, 2.24) is 5.32 Å². The van der Waals surface area contributed by atoms with Crippen molar-refractivity contribution < 1.29 is 19.4 Å². The summed E-state index contributed by atoms with van der Waals surface area (Å²) in [5.41, 5.74) is 0.551. The quantitative estimate of drug-likeness (QED) is 0.788. The standard InChI is InChI=1S/C14H20N2O4/c1-14(2,3)20-13(19)16-11(12(17)18)9-6-5-7-10(8-9)15-4/h5-8,11,15H,1-4H3,(H,16,19)(H,17,18)/t11-/m0/s1. The fraction of sp³-hybridized carbons (Fsp3) is 0.429. The Balaban J connectivity index is 2.89. The summed E-state index contributed by atoms with van der Waals surface area (Å²) in [6.45, 7) is 5.14. The molecule has 0 unspecified atom stereocenters. The van der Waals surface area contributed by atoms with Crippen LogP contribution < -0.4 is 10.6 Å². The van der Waals surface area contributed by atoms with Crippen molar-refractivity contribution in [1.29, 1.82) is 0 Å². The molecule has 1 rings (SSSR count). The summed E-state index contributed by atoms with van der Waals surface area (Å²) in [6, 6.07) is 5.66. The number of aliphatic carboxylic acids is 1. The van der Waals surface area contributed by atoms with Crippen LogP contribution in [0.2, 0.25) is 0 Å². The molecule has 0 saturated heterocycles. The molecule has 0 aliphatic carbocycles. The zero-order chi connectivity index (χ0) is 15.3. The molecule has 1 amide bonds. The summed E-state index contributed by atoms with van der Waals surface area (Å²) in [5, 5.41) is 14.5. The molecule has 1 aromatic carbocycles. The minimum atomic E-state index is -1.15. The average molecular weight is 280 g/mol. The van der Waals surface area contributed by atoms with Crippen molar-refractivity contribution in [3.05, 3.63) is 29.8 Å². The van der Waals surface area contributed by atoms with Gasteiger partial charge in [-0.1, -0.05) is 12.1 Å². The van der Waals surface area contributed by atoms with Gasteiger partial charge in [0.05, 0.1) is 0 Å². The fourth-order valence-electron chi connectivity index (χ4n) is 1.59. The number of anilines is 1. The van der Waals surface area contributed by atoms with Crippen LogP contribution in [0.4, 0.5) is 10.5 Å². The molecule has 0 fully saturated rings. The summed E-state index contributed by atoms with van der Waals surface area (Å²) in [6.07, 6.45) is -0.764. The first kappa shape index (κ1) is 15.8. The Morgan fingerprint density at radius 2 is 1.95 bits per heavy atom. The van der Waals surface area contributed by atoms with Crippen molar-refractivity contribution in [3.8, 4) is 0 Å². The van der Waals surface area contributed by atoms with Crippen molar-refractivity contribution in [3.63, 3.8) is 0 Å². The number of hydrogen-bond acceptors (Lipinski definition) is 4. The number of carbonyl (C=O) groups excluding carboxylic acids is 1. The van der Waals surface area contributed by atoms with E-state index >= 15 is 0 Å². The molecule has 20 heavy (non-hydrogen) atoms. The molecule has 0 saturated carbocycles. The molecule has 3 N–H and O–H groups in total. The number of hydrogen-bond donors (Lipinski definition) is 3. The van der Waals surface area contributed by atoms with Crippen LogP contribution in [0.25, 0.3) is 0 Å². The fourth-order valence-corrected chi connectivity index (χ4v) is 1.59. The summed E-state index contributed by atoms with van der Waals surface area (Å²) < 4.78 is 5.07. The molecule has 1 atom stereocenters. The minimum absolute atomic E-state index is 0.468. The second kappa shape index (κ2) is 6.27. The van der Waals surface area contributed by atoms with E-state index in [1.54, 1.807) is 52.1 Å². The molecule has 110 valence electrons. The molecule has 0 spiro atoms. The van der Waals surface area contributed by atoms with Gasteiger partial charge >= 0.3 is 12.1 Å². The highest BCUT2D eigenvalue weighted by molar-refractivity contribution is 5.81. The number of benzene rings is 1. The van der Waals surface area contributed by atoms with Gasteiger partial charge in [0.1, 0.15) is 5.60 Å². The van der Waals surface area contributed by atoms with Gasteiger partial charge in [-0.2, -0.15) is 0 Å². The molecular formula is C14H20N2O4. The highest BCUT2D eigenvalue weighted by Crippen LogP contribution is 2.18. The number of carbonyl (C=O) groups is 2. The summed E-state index contributed by atoms with van der Waals surface area (Å²) in [5.74, 6) is -1.15. The monoisotopic (exact) mass is 280 g/mol. The van der Waals surface area contributed by atoms with Crippen LogP contribution >= 0.6 is 0 Å². The maximum Gasteiger partial charge on any atom is 0.408 e. The first-order valence-electron chi connectivity index (χ1n) is 6.23. The Morgan fingerprint density at radius 3 is 2.45 bits per heavy atom. The van der Waals surface area contributed by atoms with Crippen molar-refractivity contribution in [2.24, 2.45) is 0 Å². The SMILES string of the molecule is CNc1cccc([C@H](NC(=O)OC(C)(C)C)C(=O)O)c1. The van der Waals surface area contributed by atoms with Crippen LogP contribution in [0, 0.1) is 0 Å². The van der Waals surface area contributed by atoms with E-state index in [1.165, 1.54) is 0 Å². The van der Waals surface area contributed by atoms with Gasteiger partial charge in [-0.15, -0.1) is 0 Å². The Hall–Kier alpha value is -2.24. The molecule has 6 heteroatoms. The first-order valence-corrected chi connectivity index (χ1v) is 6.23.